The highest BCUT2D eigenvalue weighted by atomic mass is 16.6. The average molecular weight is 272 g/mol. The van der Waals surface area contributed by atoms with Crippen LogP contribution in [0.5, 0.6) is 0 Å². The van der Waals surface area contributed by atoms with Crippen LogP contribution >= 0.6 is 0 Å². The van der Waals surface area contributed by atoms with Gasteiger partial charge in [-0.3, -0.25) is 14.9 Å². The molecule has 3 rings (SSSR count). The van der Waals surface area contributed by atoms with E-state index in [1.807, 2.05) is 0 Å². The first-order valence-corrected chi connectivity index (χ1v) is 6.96. The Bertz CT molecular complexity index is 669. The second-order valence-electron chi connectivity index (χ2n) is 5.39. The Morgan fingerprint density at radius 3 is 2.70 bits per heavy atom. The van der Waals surface area contributed by atoms with E-state index in [1.165, 1.54) is 18.6 Å². The van der Waals surface area contributed by atoms with Crippen LogP contribution in [0.1, 0.15) is 42.5 Å². The molecule has 0 atom stereocenters. The molecule has 1 N–H and O–H groups in total. The third kappa shape index (κ3) is 2.19. The minimum Gasteiger partial charge on any atom is -0.360 e. The number of aromatic nitrogens is 1. The van der Waals surface area contributed by atoms with Gasteiger partial charge in [0.2, 0.25) is 0 Å². The maximum atomic E-state index is 12.6. The topological polar surface area (TPSA) is 76.0 Å². The van der Waals surface area contributed by atoms with E-state index in [4.69, 9.17) is 0 Å². The number of Topliss-reactive ketones (excluding diaryl/α,β-unsaturated/α-hetero) is 1. The molecular formula is C15H16N2O3. The molecule has 0 spiro atoms. The van der Waals surface area contributed by atoms with Crippen molar-refractivity contribution in [3.05, 3.63) is 40.1 Å². The van der Waals surface area contributed by atoms with E-state index in [0.29, 0.717) is 10.9 Å². The molecule has 1 fully saturated rings. The molecule has 5 nitrogen and oxygen atoms in total. The number of nitro benzene ring substituents is 1. The molecule has 2 aromatic rings. The molecule has 1 aromatic carbocycles. The number of benzene rings is 1. The second kappa shape index (κ2) is 5.07. The lowest BCUT2D eigenvalue weighted by atomic mass is 9.84. The van der Waals surface area contributed by atoms with Gasteiger partial charge in [0.15, 0.2) is 5.78 Å². The zero-order chi connectivity index (χ0) is 14.1. The van der Waals surface area contributed by atoms with Crippen LogP contribution in [0.15, 0.2) is 24.4 Å². The Kier molecular flexibility index (Phi) is 3.26. The molecule has 1 aliphatic carbocycles. The third-order valence-corrected chi connectivity index (χ3v) is 4.12. The van der Waals surface area contributed by atoms with Crippen molar-refractivity contribution in [2.75, 3.05) is 0 Å². The number of carbonyl (C=O) groups excluding carboxylic acids is 1. The van der Waals surface area contributed by atoms with Crippen LogP contribution in [0.2, 0.25) is 0 Å². The molecule has 1 saturated carbocycles. The van der Waals surface area contributed by atoms with Gasteiger partial charge < -0.3 is 4.98 Å². The molecule has 0 amide bonds. The number of hydrogen-bond donors (Lipinski definition) is 1. The van der Waals surface area contributed by atoms with Gasteiger partial charge in [0.25, 0.3) is 5.69 Å². The lowest BCUT2D eigenvalue weighted by Crippen LogP contribution is -2.17. The summed E-state index contributed by atoms with van der Waals surface area (Å²) < 4.78 is 0. The van der Waals surface area contributed by atoms with Crippen molar-refractivity contribution in [2.24, 2.45) is 5.92 Å². The van der Waals surface area contributed by atoms with Gasteiger partial charge in [0.05, 0.1) is 4.92 Å². The molecule has 1 aromatic heterocycles. The number of ketones is 1. The Morgan fingerprint density at radius 1 is 1.25 bits per heavy atom. The summed E-state index contributed by atoms with van der Waals surface area (Å²) >= 11 is 0. The third-order valence-electron chi connectivity index (χ3n) is 4.12. The molecule has 0 unspecified atom stereocenters. The van der Waals surface area contributed by atoms with Crippen molar-refractivity contribution >= 4 is 22.4 Å². The summed E-state index contributed by atoms with van der Waals surface area (Å²) in [6.45, 7) is 0. The van der Waals surface area contributed by atoms with Crippen LogP contribution in [0, 0.1) is 16.0 Å². The molecule has 0 aliphatic heterocycles. The molecule has 5 heteroatoms. The average Bonchev–Trinajstić information content (AvgIpc) is 2.90. The normalized spacial score (nSPS) is 16.4. The molecule has 0 radical (unpaired) electrons. The molecule has 104 valence electrons. The fraction of sp³-hybridized carbons (Fsp3) is 0.400. The van der Waals surface area contributed by atoms with E-state index in [9.17, 15) is 14.9 Å². The Labute approximate surface area is 116 Å². The van der Waals surface area contributed by atoms with Crippen LogP contribution < -0.4 is 0 Å². The van der Waals surface area contributed by atoms with E-state index in [2.05, 4.69) is 4.98 Å². The van der Waals surface area contributed by atoms with Crippen molar-refractivity contribution in [3.63, 3.8) is 0 Å². The van der Waals surface area contributed by atoms with Gasteiger partial charge in [0, 0.05) is 40.7 Å². The largest absolute Gasteiger partial charge is 0.360 e. The maximum absolute atomic E-state index is 12.6. The number of H-pyrrole nitrogens is 1. The van der Waals surface area contributed by atoms with Crippen molar-refractivity contribution in [1.82, 2.24) is 4.98 Å². The van der Waals surface area contributed by atoms with Crippen molar-refractivity contribution in [1.29, 1.82) is 0 Å². The van der Waals surface area contributed by atoms with Gasteiger partial charge in [-0.1, -0.05) is 19.3 Å². The van der Waals surface area contributed by atoms with E-state index in [-0.39, 0.29) is 17.4 Å². The fourth-order valence-electron chi connectivity index (χ4n) is 3.01. The summed E-state index contributed by atoms with van der Waals surface area (Å²) in [6.07, 6.45) is 6.94. The first-order chi connectivity index (χ1) is 9.66. The number of non-ortho nitro benzene ring substituents is 1. The number of nitro groups is 1. The molecular weight excluding hydrogens is 256 g/mol. The highest BCUT2D eigenvalue weighted by Crippen LogP contribution is 2.30. The summed E-state index contributed by atoms with van der Waals surface area (Å²) in [5.74, 6) is 0.193. The molecule has 1 heterocycles. The van der Waals surface area contributed by atoms with Crippen molar-refractivity contribution in [3.8, 4) is 0 Å². The summed E-state index contributed by atoms with van der Waals surface area (Å²) in [5, 5.41) is 11.5. The highest BCUT2D eigenvalue weighted by Gasteiger charge is 2.25. The zero-order valence-electron chi connectivity index (χ0n) is 11.1. The number of carbonyl (C=O) groups is 1. The van der Waals surface area contributed by atoms with Crippen LogP contribution in [0.4, 0.5) is 5.69 Å². The summed E-state index contributed by atoms with van der Waals surface area (Å²) in [6, 6.07) is 4.60. The summed E-state index contributed by atoms with van der Waals surface area (Å²) in [7, 11) is 0. The van der Waals surface area contributed by atoms with Gasteiger partial charge >= 0.3 is 0 Å². The monoisotopic (exact) mass is 272 g/mol. The first kappa shape index (κ1) is 12.8. The van der Waals surface area contributed by atoms with Gasteiger partial charge in [-0.25, -0.2) is 0 Å². The number of aromatic amines is 1. The summed E-state index contributed by atoms with van der Waals surface area (Å²) in [5.41, 5.74) is 1.39. The molecule has 0 saturated heterocycles. The lowest BCUT2D eigenvalue weighted by Gasteiger charge is -2.19. The van der Waals surface area contributed by atoms with Gasteiger partial charge in [-0.2, -0.15) is 0 Å². The van der Waals surface area contributed by atoms with Gasteiger partial charge in [0.1, 0.15) is 0 Å². The number of fused-ring (bicyclic) bond motifs is 1. The van der Waals surface area contributed by atoms with Crippen LogP contribution in [-0.4, -0.2) is 15.7 Å². The standard InChI is InChI=1S/C15H16N2O3/c18-15(10-4-2-1-3-5-10)13-9-16-14-7-6-11(17(19)20)8-12(13)14/h6-10,16H,1-5H2. The quantitative estimate of drug-likeness (QED) is 0.524. The molecule has 20 heavy (non-hydrogen) atoms. The van der Waals surface area contributed by atoms with E-state index < -0.39 is 4.92 Å². The zero-order valence-corrected chi connectivity index (χ0v) is 11.1. The Morgan fingerprint density at radius 2 is 2.00 bits per heavy atom. The van der Waals surface area contributed by atoms with Crippen molar-refractivity contribution in [2.45, 2.75) is 32.1 Å². The number of rotatable bonds is 3. The predicted molar refractivity (Wildman–Crippen MR) is 75.9 cm³/mol. The van der Waals surface area contributed by atoms with Crippen LogP contribution in [0.3, 0.4) is 0 Å². The molecule has 1 aliphatic rings. The minimum atomic E-state index is -0.429. The van der Waals surface area contributed by atoms with E-state index >= 15 is 0 Å². The second-order valence-corrected chi connectivity index (χ2v) is 5.39. The lowest BCUT2D eigenvalue weighted by molar-refractivity contribution is -0.384. The fourth-order valence-corrected chi connectivity index (χ4v) is 3.01. The van der Waals surface area contributed by atoms with Crippen molar-refractivity contribution < 1.29 is 9.72 Å². The smallest absolute Gasteiger partial charge is 0.270 e. The van der Waals surface area contributed by atoms with Gasteiger partial charge in [-0.05, 0) is 18.9 Å². The predicted octanol–water partition coefficient (Wildman–Crippen LogP) is 3.84. The van der Waals surface area contributed by atoms with E-state index in [0.717, 1.165) is 31.2 Å². The number of hydrogen-bond acceptors (Lipinski definition) is 3. The SMILES string of the molecule is O=C(c1c[nH]c2ccc([N+](=O)[O-])cc12)C1CCCCC1. The Balaban J connectivity index is 2.00. The maximum Gasteiger partial charge on any atom is 0.270 e. The van der Waals surface area contributed by atoms with E-state index in [1.54, 1.807) is 12.3 Å². The summed E-state index contributed by atoms with van der Waals surface area (Å²) in [4.78, 5) is 26.0. The van der Waals surface area contributed by atoms with Crippen LogP contribution in [-0.2, 0) is 0 Å². The number of nitrogens with zero attached hydrogens (tertiary/aromatic N) is 1. The number of nitrogens with one attached hydrogen (secondary N) is 1. The minimum absolute atomic E-state index is 0.0230. The Hall–Kier alpha value is -2.17. The van der Waals surface area contributed by atoms with Gasteiger partial charge in [-0.15, -0.1) is 0 Å². The van der Waals surface area contributed by atoms with Crippen LogP contribution in [0.25, 0.3) is 10.9 Å². The molecule has 0 bridgehead atoms. The first-order valence-electron chi connectivity index (χ1n) is 6.96. The highest BCUT2D eigenvalue weighted by molar-refractivity contribution is 6.09.